The van der Waals surface area contributed by atoms with Gasteiger partial charge in [0, 0.05) is 25.0 Å². The molecule has 0 aliphatic heterocycles. The van der Waals surface area contributed by atoms with Crippen LogP contribution in [0.15, 0.2) is 27.8 Å². The van der Waals surface area contributed by atoms with Crippen LogP contribution in [-0.2, 0) is 6.42 Å². The first-order valence-electron chi connectivity index (χ1n) is 8.50. The van der Waals surface area contributed by atoms with Crippen molar-refractivity contribution in [3.05, 3.63) is 24.2 Å². The first kappa shape index (κ1) is 17.6. The van der Waals surface area contributed by atoms with E-state index in [0.717, 1.165) is 24.7 Å². The average Bonchev–Trinajstić information content (AvgIpc) is 3.22. The van der Waals surface area contributed by atoms with E-state index < -0.39 is 0 Å². The molecule has 0 radical (unpaired) electrons. The zero-order valence-electron chi connectivity index (χ0n) is 13.2. The van der Waals surface area contributed by atoms with Crippen molar-refractivity contribution < 1.29 is 4.42 Å². The lowest BCUT2D eigenvalue weighted by Gasteiger charge is -2.20. The van der Waals surface area contributed by atoms with Gasteiger partial charge in [-0.2, -0.15) is 0 Å². The summed E-state index contributed by atoms with van der Waals surface area (Å²) in [4.78, 5) is 4.76. The number of guanidine groups is 1. The number of rotatable bonds is 5. The molecule has 2 aliphatic carbocycles. The molecule has 0 saturated heterocycles. The van der Waals surface area contributed by atoms with E-state index in [-0.39, 0.29) is 24.0 Å². The summed E-state index contributed by atoms with van der Waals surface area (Å²) in [6.45, 7) is 0.780. The molecular formula is C17H28IN3O. The summed E-state index contributed by atoms with van der Waals surface area (Å²) in [5, 5.41) is 7.26. The lowest BCUT2D eigenvalue weighted by molar-refractivity contribution is 0.510. The maximum Gasteiger partial charge on any atom is 0.191 e. The van der Waals surface area contributed by atoms with Gasteiger partial charge in [-0.05, 0) is 37.8 Å². The lowest BCUT2D eigenvalue weighted by atomic mass is 10.2. The van der Waals surface area contributed by atoms with Gasteiger partial charge in [0.1, 0.15) is 5.76 Å². The zero-order valence-corrected chi connectivity index (χ0v) is 15.6. The van der Waals surface area contributed by atoms with Crippen LogP contribution in [-0.4, -0.2) is 24.6 Å². The number of hydrogen-bond acceptors (Lipinski definition) is 2. The second-order valence-electron chi connectivity index (χ2n) is 6.31. The van der Waals surface area contributed by atoms with Gasteiger partial charge in [0.05, 0.1) is 6.26 Å². The molecule has 0 bridgehead atoms. The molecule has 0 amide bonds. The van der Waals surface area contributed by atoms with Crippen molar-refractivity contribution in [2.75, 3.05) is 6.54 Å². The van der Waals surface area contributed by atoms with Crippen molar-refractivity contribution in [3.63, 3.8) is 0 Å². The number of furan rings is 1. The first-order chi connectivity index (χ1) is 10.4. The largest absolute Gasteiger partial charge is 0.469 e. The Bertz CT molecular complexity index is 415. The zero-order chi connectivity index (χ0) is 14.3. The van der Waals surface area contributed by atoms with E-state index in [1.165, 1.54) is 51.4 Å². The van der Waals surface area contributed by atoms with Crippen LogP contribution in [0.4, 0.5) is 0 Å². The van der Waals surface area contributed by atoms with Crippen molar-refractivity contribution in [1.82, 2.24) is 10.6 Å². The van der Waals surface area contributed by atoms with Gasteiger partial charge in [-0.15, -0.1) is 24.0 Å². The molecular weight excluding hydrogens is 389 g/mol. The molecule has 1 aromatic heterocycles. The number of hydrogen-bond donors (Lipinski definition) is 2. The third-order valence-corrected chi connectivity index (χ3v) is 4.60. The SMILES string of the molecule is I.c1coc(CCN=C(NC2CCCC2)NC2CCCC2)c1. The van der Waals surface area contributed by atoms with Crippen molar-refractivity contribution >= 4 is 29.9 Å². The van der Waals surface area contributed by atoms with E-state index in [0.29, 0.717) is 12.1 Å². The van der Waals surface area contributed by atoms with Gasteiger partial charge >= 0.3 is 0 Å². The summed E-state index contributed by atoms with van der Waals surface area (Å²) >= 11 is 0. The maximum absolute atomic E-state index is 5.37. The van der Waals surface area contributed by atoms with Crippen LogP contribution < -0.4 is 10.6 Å². The fourth-order valence-electron chi connectivity index (χ4n) is 3.39. The van der Waals surface area contributed by atoms with Crippen LogP contribution in [0.5, 0.6) is 0 Å². The molecule has 5 heteroatoms. The molecule has 0 unspecified atom stereocenters. The van der Waals surface area contributed by atoms with Crippen molar-refractivity contribution in [1.29, 1.82) is 0 Å². The predicted octanol–water partition coefficient (Wildman–Crippen LogP) is 3.86. The van der Waals surface area contributed by atoms with Gasteiger partial charge in [0.15, 0.2) is 5.96 Å². The van der Waals surface area contributed by atoms with E-state index in [1.807, 2.05) is 12.1 Å². The highest BCUT2D eigenvalue weighted by atomic mass is 127. The third kappa shape index (κ3) is 5.48. The average molecular weight is 417 g/mol. The minimum atomic E-state index is 0. The Balaban J connectivity index is 0.00000176. The molecule has 22 heavy (non-hydrogen) atoms. The van der Waals surface area contributed by atoms with Gasteiger partial charge in [-0.25, -0.2) is 0 Å². The second kappa shape index (κ2) is 9.43. The molecule has 3 rings (SSSR count). The number of halogens is 1. The third-order valence-electron chi connectivity index (χ3n) is 4.60. The molecule has 0 aromatic carbocycles. The van der Waals surface area contributed by atoms with Crippen molar-refractivity contribution in [2.45, 2.75) is 69.9 Å². The standard InChI is InChI=1S/C17H27N3O.HI/c1-2-7-14(6-1)19-17(20-15-8-3-4-9-15)18-12-11-16-10-5-13-21-16;/h5,10,13-15H,1-4,6-9,11-12H2,(H2,18,19,20);1H. The van der Waals surface area contributed by atoms with E-state index in [1.54, 1.807) is 6.26 Å². The van der Waals surface area contributed by atoms with Crippen LogP contribution in [0.2, 0.25) is 0 Å². The summed E-state index contributed by atoms with van der Waals surface area (Å²) in [5.41, 5.74) is 0. The highest BCUT2D eigenvalue weighted by Gasteiger charge is 2.20. The van der Waals surface area contributed by atoms with Gasteiger partial charge in [-0.1, -0.05) is 25.7 Å². The minimum absolute atomic E-state index is 0. The van der Waals surface area contributed by atoms with Gasteiger partial charge < -0.3 is 15.1 Å². The molecule has 124 valence electrons. The Hall–Kier alpha value is -0.720. The van der Waals surface area contributed by atoms with E-state index >= 15 is 0 Å². The molecule has 2 N–H and O–H groups in total. The Morgan fingerprint density at radius 3 is 2.14 bits per heavy atom. The Kier molecular flexibility index (Phi) is 7.55. The van der Waals surface area contributed by atoms with Gasteiger partial charge in [0.2, 0.25) is 0 Å². The minimum Gasteiger partial charge on any atom is -0.469 e. The van der Waals surface area contributed by atoms with Crippen LogP contribution >= 0.6 is 24.0 Å². The molecule has 0 atom stereocenters. The normalized spacial score (nSPS) is 18.9. The monoisotopic (exact) mass is 417 g/mol. The van der Waals surface area contributed by atoms with Gasteiger partial charge in [0.25, 0.3) is 0 Å². The number of aliphatic imine (C=N–C) groups is 1. The summed E-state index contributed by atoms with van der Waals surface area (Å²) in [6, 6.07) is 5.18. The highest BCUT2D eigenvalue weighted by Crippen LogP contribution is 2.19. The van der Waals surface area contributed by atoms with Gasteiger partial charge in [-0.3, -0.25) is 4.99 Å². The first-order valence-corrected chi connectivity index (χ1v) is 8.50. The van der Waals surface area contributed by atoms with E-state index in [2.05, 4.69) is 10.6 Å². The van der Waals surface area contributed by atoms with Crippen molar-refractivity contribution in [2.24, 2.45) is 4.99 Å². The quantitative estimate of drug-likeness (QED) is 0.435. The molecule has 2 fully saturated rings. The Morgan fingerprint density at radius 1 is 1.05 bits per heavy atom. The van der Waals surface area contributed by atoms with Crippen LogP contribution in [0.1, 0.15) is 57.1 Å². The van der Waals surface area contributed by atoms with E-state index in [9.17, 15) is 0 Å². The summed E-state index contributed by atoms with van der Waals surface area (Å²) < 4.78 is 5.37. The van der Waals surface area contributed by atoms with Crippen molar-refractivity contribution in [3.8, 4) is 0 Å². The number of nitrogens with zero attached hydrogens (tertiary/aromatic N) is 1. The molecule has 1 aromatic rings. The van der Waals surface area contributed by atoms with Crippen LogP contribution in [0.25, 0.3) is 0 Å². The number of nitrogens with one attached hydrogen (secondary N) is 2. The fraction of sp³-hybridized carbons (Fsp3) is 0.706. The second-order valence-corrected chi connectivity index (χ2v) is 6.31. The smallest absolute Gasteiger partial charge is 0.191 e. The molecule has 4 nitrogen and oxygen atoms in total. The fourth-order valence-corrected chi connectivity index (χ4v) is 3.39. The summed E-state index contributed by atoms with van der Waals surface area (Å²) in [6.07, 6.45) is 13.1. The Morgan fingerprint density at radius 2 is 1.64 bits per heavy atom. The molecule has 2 aliphatic rings. The maximum atomic E-state index is 5.37. The predicted molar refractivity (Wildman–Crippen MR) is 101 cm³/mol. The topological polar surface area (TPSA) is 49.6 Å². The van der Waals surface area contributed by atoms with E-state index in [4.69, 9.17) is 9.41 Å². The molecule has 1 heterocycles. The summed E-state index contributed by atoms with van der Waals surface area (Å²) in [7, 11) is 0. The van der Waals surface area contributed by atoms with Crippen LogP contribution in [0.3, 0.4) is 0 Å². The summed E-state index contributed by atoms with van der Waals surface area (Å²) in [5.74, 6) is 2.03. The lowest BCUT2D eigenvalue weighted by Crippen LogP contribution is -2.46. The highest BCUT2D eigenvalue weighted by molar-refractivity contribution is 14.0. The Labute approximate surface area is 150 Å². The molecule has 0 spiro atoms. The molecule has 2 saturated carbocycles. The van der Waals surface area contributed by atoms with Crippen LogP contribution in [0, 0.1) is 0 Å².